The summed E-state index contributed by atoms with van der Waals surface area (Å²) in [7, 11) is 1.53. The third-order valence-corrected chi connectivity index (χ3v) is 7.88. The molecule has 1 N–H and O–H groups in total. The molecule has 2 aliphatic rings. The largest absolute Gasteiger partial charge is 0.497 e. The van der Waals surface area contributed by atoms with E-state index in [1.807, 2.05) is 0 Å². The first-order valence-electron chi connectivity index (χ1n) is 13.8. The highest BCUT2D eigenvalue weighted by Gasteiger charge is 2.40. The van der Waals surface area contributed by atoms with Gasteiger partial charge >= 0.3 is 0 Å². The van der Waals surface area contributed by atoms with Gasteiger partial charge in [0.25, 0.3) is 5.91 Å². The molecule has 1 atom stereocenters. The first-order valence-corrected chi connectivity index (χ1v) is 13.8. The van der Waals surface area contributed by atoms with Crippen molar-refractivity contribution in [2.75, 3.05) is 32.1 Å². The van der Waals surface area contributed by atoms with Crippen LogP contribution in [0.15, 0.2) is 34.7 Å². The number of benzene rings is 2. The highest BCUT2D eigenvalue weighted by atomic mass is 19.1. The second kappa shape index (κ2) is 11.5. The van der Waals surface area contributed by atoms with Crippen LogP contribution in [0.4, 0.5) is 14.5 Å². The molecule has 222 valence electrons. The maximum atomic E-state index is 15.5. The maximum absolute atomic E-state index is 15.5. The van der Waals surface area contributed by atoms with Crippen LogP contribution in [-0.2, 0) is 32.6 Å². The van der Waals surface area contributed by atoms with Crippen molar-refractivity contribution < 1.29 is 32.3 Å². The van der Waals surface area contributed by atoms with Crippen LogP contribution in [0.5, 0.6) is 5.75 Å². The molecule has 1 fully saturated rings. The quantitative estimate of drug-likeness (QED) is 0.450. The lowest BCUT2D eigenvalue weighted by Gasteiger charge is -2.36. The third-order valence-electron chi connectivity index (χ3n) is 7.88. The summed E-state index contributed by atoms with van der Waals surface area (Å²) < 4.78 is 41.6. The van der Waals surface area contributed by atoms with Crippen LogP contribution in [0, 0.1) is 18.6 Å². The Labute approximate surface area is 242 Å². The second-order valence-corrected chi connectivity index (χ2v) is 11.1. The smallest absolute Gasteiger partial charge is 0.251 e. The number of carbonyl (C=O) groups excluding carboxylic acids is 3. The van der Waals surface area contributed by atoms with E-state index in [2.05, 4.69) is 15.5 Å². The summed E-state index contributed by atoms with van der Waals surface area (Å²) in [4.78, 5) is 43.2. The van der Waals surface area contributed by atoms with Crippen molar-refractivity contribution >= 4 is 23.4 Å². The maximum Gasteiger partial charge on any atom is 0.251 e. The van der Waals surface area contributed by atoms with Gasteiger partial charge in [-0.05, 0) is 68.5 Å². The molecule has 0 saturated carbocycles. The number of rotatable bonds is 7. The lowest BCUT2D eigenvalue weighted by Crippen LogP contribution is -2.46. The normalized spacial score (nSPS) is 16.8. The predicted molar refractivity (Wildman–Crippen MR) is 148 cm³/mol. The Hall–Kier alpha value is -4.35. The van der Waals surface area contributed by atoms with Crippen LogP contribution in [0.3, 0.4) is 0 Å². The van der Waals surface area contributed by atoms with E-state index < -0.39 is 34.9 Å². The molecule has 5 rings (SSSR count). The SMILES string of the molecule is COc1ccc2c(c1)CCN(C(=O)Cc1nnc(C)o1)C2C(=O)Nc1cc(F)c(C(C)(C)C(=O)N2CCCC2)c(F)c1. The molecule has 1 aromatic heterocycles. The molecule has 0 bridgehead atoms. The van der Waals surface area contributed by atoms with Crippen LogP contribution in [0.1, 0.15) is 61.2 Å². The van der Waals surface area contributed by atoms with Gasteiger partial charge in [0.05, 0.1) is 12.5 Å². The Balaban J connectivity index is 1.43. The van der Waals surface area contributed by atoms with E-state index in [9.17, 15) is 14.4 Å². The number of aromatic nitrogens is 2. The van der Waals surface area contributed by atoms with Gasteiger partial charge in [0.2, 0.25) is 23.6 Å². The average Bonchev–Trinajstić information content (AvgIpc) is 3.63. The van der Waals surface area contributed by atoms with Crippen molar-refractivity contribution in [3.63, 3.8) is 0 Å². The minimum Gasteiger partial charge on any atom is -0.497 e. The van der Waals surface area contributed by atoms with Crippen molar-refractivity contribution in [2.24, 2.45) is 0 Å². The number of fused-ring (bicyclic) bond motifs is 1. The highest BCUT2D eigenvalue weighted by molar-refractivity contribution is 5.99. The van der Waals surface area contributed by atoms with Gasteiger partial charge in [-0.1, -0.05) is 6.07 Å². The summed E-state index contributed by atoms with van der Waals surface area (Å²) in [6.07, 6.45) is 1.95. The zero-order chi connectivity index (χ0) is 30.2. The summed E-state index contributed by atoms with van der Waals surface area (Å²) in [5.74, 6) is -2.31. The summed E-state index contributed by atoms with van der Waals surface area (Å²) in [6.45, 7) is 5.91. The lowest BCUT2D eigenvalue weighted by molar-refractivity contribution is -0.139. The molecular weight excluding hydrogens is 548 g/mol. The molecule has 10 nitrogen and oxygen atoms in total. The van der Waals surface area contributed by atoms with Crippen LogP contribution in [-0.4, -0.2) is 64.5 Å². The van der Waals surface area contributed by atoms with Crippen molar-refractivity contribution in [1.82, 2.24) is 20.0 Å². The molecule has 42 heavy (non-hydrogen) atoms. The topological polar surface area (TPSA) is 118 Å². The summed E-state index contributed by atoms with van der Waals surface area (Å²) >= 11 is 0. The summed E-state index contributed by atoms with van der Waals surface area (Å²) in [5, 5.41) is 10.2. The fraction of sp³-hybridized carbons (Fsp3) is 0.433. The molecule has 3 amide bonds. The fourth-order valence-corrected chi connectivity index (χ4v) is 5.80. The van der Waals surface area contributed by atoms with E-state index in [1.165, 1.54) is 25.9 Å². The molecule has 3 aromatic rings. The Bertz CT molecular complexity index is 1510. The van der Waals surface area contributed by atoms with E-state index >= 15 is 8.78 Å². The minimum absolute atomic E-state index is 0.114. The van der Waals surface area contributed by atoms with Gasteiger partial charge in [0, 0.05) is 37.8 Å². The van der Waals surface area contributed by atoms with Crippen LogP contribution in [0.2, 0.25) is 0 Å². The van der Waals surface area contributed by atoms with Crippen molar-refractivity contribution in [3.05, 3.63) is 70.4 Å². The van der Waals surface area contributed by atoms with Gasteiger partial charge < -0.3 is 24.3 Å². The number of nitrogens with one attached hydrogen (secondary N) is 1. The fourth-order valence-electron chi connectivity index (χ4n) is 5.80. The summed E-state index contributed by atoms with van der Waals surface area (Å²) in [5.41, 5.74) is -0.576. The number of aryl methyl sites for hydroxylation is 1. The lowest BCUT2D eigenvalue weighted by atomic mass is 9.82. The number of carbonyl (C=O) groups is 3. The molecule has 0 radical (unpaired) electrons. The number of methoxy groups -OCH3 is 1. The Kier molecular flexibility index (Phi) is 7.98. The standard InChI is InChI=1S/C30H33F2N5O5/c1-17-34-35-24(42-17)16-25(38)37-12-9-18-13-20(41-4)7-8-21(18)27(37)28(39)33-19-14-22(31)26(23(32)15-19)30(2,3)29(40)36-10-5-6-11-36/h7-8,13-15,27H,5-6,9-12,16H2,1-4H3,(H,33,39). The van der Waals surface area contributed by atoms with Crippen molar-refractivity contribution in [3.8, 4) is 5.75 Å². The van der Waals surface area contributed by atoms with E-state index in [0.717, 1.165) is 30.5 Å². The van der Waals surface area contributed by atoms with Gasteiger partial charge in [0.15, 0.2) is 0 Å². The van der Waals surface area contributed by atoms with E-state index in [0.29, 0.717) is 36.7 Å². The molecular formula is C30H33F2N5O5. The second-order valence-electron chi connectivity index (χ2n) is 11.1. The van der Waals surface area contributed by atoms with Crippen LogP contribution in [0.25, 0.3) is 0 Å². The van der Waals surface area contributed by atoms with E-state index in [-0.39, 0.29) is 36.0 Å². The molecule has 12 heteroatoms. The number of anilines is 1. The number of nitrogens with zero attached hydrogens (tertiary/aromatic N) is 4. The van der Waals surface area contributed by atoms with Gasteiger partial charge in [-0.15, -0.1) is 10.2 Å². The van der Waals surface area contributed by atoms with Crippen LogP contribution < -0.4 is 10.1 Å². The molecule has 0 spiro atoms. The number of amides is 3. The minimum atomic E-state index is -1.45. The van der Waals surface area contributed by atoms with Crippen molar-refractivity contribution in [2.45, 2.75) is 57.9 Å². The van der Waals surface area contributed by atoms with E-state index in [4.69, 9.17) is 9.15 Å². The van der Waals surface area contributed by atoms with Crippen molar-refractivity contribution in [1.29, 1.82) is 0 Å². The number of ether oxygens (including phenoxy) is 1. The Morgan fingerprint density at radius 1 is 1.07 bits per heavy atom. The number of hydrogen-bond acceptors (Lipinski definition) is 7. The van der Waals surface area contributed by atoms with Gasteiger partial charge in [0.1, 0.15) is 29.8 Å². The Morgan fingerprint density at radius 3 is 2.38 bits per heavy atom. The molecule has 3 heterocycles. The Morgan fingerprint density at radius 2 is 1.76 bits per heavy atom. The first kappa shape index (κ1) is 29.2. The molecule has 1 saturated heterocycles. The predicted octanol–water partition coefficient (Wildman–Crippen LogP) is 3.87. The third kappa shape index (κ3) is 5.57. The molecule has 2 aliphatic heterocycles. The number of hydrogen-bond donors (Lipinski definition) is 1. The van der Waals surface area contributed by atoms with E-state index in [1.54, 1.807) is 30.0 Å². The zero-order valence-corrected chi connectivity index (χ0v) is 24.0. The summed E-state index contributed by atoms with van der Waals surface area (Å²) in [6, 6.07) is 6.08. The molecule has 1 unspecified atom stereocenters. The average molecular weight is 582 g/mol. The highest BCUT2D eigenvalue weighted by Crippen LogP contribution is 2.36. The number of halogens is 2. The van der Waals surface area contributed by atoms with Gasteiger partial charge in [-0.3, -0.25) is 14.4 Å². The first-order chi connectivity index (χ1) is 20.0. The van der Waals surface area contributed by atoms with Gasteiger partial charge in [-0.2, -0.15) is 0 Å². The molecule has 0 aliphatic carbocycles. The number of likely N-dealkylation sites (tertiary alicyclic amines) is 1. The van der Waals surface area contributed by atoms with Crippen LogP contribution >= 0.6 is 0 Å². The monoisotopic (exact) mass is 581 g/mol. The van der Waals surface area contributed by atoms with Gasteiger partial charge in [-0.25, -0.2) is 8.78 Å². The zero-order valence-electron chi connectivity index (χ0n) is 24.0. The molecule has 2 aromatic carbocycles.